The molecule has 0 aliphatic carbocycles. The SMILES string of the molecule is CC(C)(C)c1nc(Cl)cc(NCC2CCCCO2)n1. The van der Waals surface area contributed by atoms with Gasteiger partial charge in [0.05, 0.1) is 6.10 Å². The summed E-state index contributed by atoms with van der Waals surface area (Å²) in [6.45, 7) is 7.87. The van der Waals surface area contributed by atoms with E-state index < -0.39 is 0 Å². The van der Waals surface area contributed by atoms with Crippen LogP contribution in [0.1, 0.15) is 45.9 Å². The Morgan fingerprint density at radius 1 is 1.37 bits per heavy atom. The first-order valence-corrected chi connectivity index (χ1v) is 7.23. The Kier molecular flexibility index (Phi) is 4.63. The Morgan fingerprint density at radius 3 is 2.79 bits per heavy atom. The van der Waals surface area contributed by atoms with E-state index in [-0.39, 0.29) is 11.5 Å². The Hall–Kier alpha value is -0.870. The molecule has 0 amide bonds. The lowest BCUT2D eigenvalue weighted by atomic mass is 9.96. The van der Waals surface area contributed by atoms with E-state index in [4.69, 9.17) is 16.3 Å². The minimum atomic E-state index is -0.108. The molecule has 106 valence electrons. The number of rotatable bonds is 3. The normalized spacial score (nSPS) is 20.3. The lowest BCUT2D eigenvalue weighted by Gasteiger charge is -2.23. The van der Waals surface area contributed by atoms with Gasteiger partial charge in [-0.1, -0.05) is 32.4 Å². The van der Waals surface area contributed by atoms with Gasteiger partial charge in [-0.25, -0.2) is 9.97 Å². The van der Waals surface area contributed by atoms with Crippen molar-refractivity contribution in [2.75, 3.05) is 18.5 Å². The predicted molar refractivity (Wildman–Crippen MR) is 77.8 cm³/mol. The third kappa shape index (κ3) is 4.32. The van der Waals surface area contributed by atoms with Crippen LogP contribution in [-0.4, -0.2) is 29.2 Å². The summed E-state index contributed by atoms with van der Waals surface area (Å²) in [6, 6.07) is 1.76. The Balaban J connectivity index is 2.01. The third-order valence-electron chi connectivity index (χ3n) is 3.15. The maximum atomic E-state index is 6.06. The quantitative estimate of drug-likeness (QED) is 0.864. The van der Waals surface area contributed by atoms with Crippen LogP contribution in [0.2, 0.25) is 5.15 Å². The van der Waals surface area contributed by atoms with Gasteiger partial charge in [0.25, 0.3) is 0 Å². The van der Waals surface area contributed by atoms with Crippen molar-refractivity contribution in [2.24, 2.45) is 0 Å². The van der Waals surface area contributed by atoms with Crippen LogP contribution in [0.15, 0.2) is 6.07 Å². The van der Waals surface area contributed by atoms with Crippen molar-refractivity contribution in [3.8, 4) is 0 Å². The highest BCUT2D eigenvalue weighted by atomic mass is 35.5. The molecule has 1 unspecified atom stereocenters. The molecule has 1 aliphatic heterocycles. The van der Waals surface area contributed by atoms with Crippen LogP contribution in [0, 0.1) is 0 Å². The average Bonchev–Trinajstić information content (AvgIpc) is 2.36. The van der Waals surface area contributed by atoms with E-state index in [1.807, 2.05) is 0 Å². The Bertz CT molecular complexity index is 425. The van der Waals surface area contributed by atoms with Crippen molar-refractivity contribution in [1.29, 1.82) is 0 Å². The van der Waals surface area contributed by atoms with Gasteiger partial charge in [-0.05, 0) is 19.3 Å². The molecule has 1 fully saturated rings. The zero-order valence-electron chi connectivity index (χ0n) is 11.9. The van der Waals surface area contributed by atoms with Gasteiger partial charge in [0, 0.05) is 24.6 Å². The number of nitrogens with one attached hydrogen (secondary N) is 1. The van der Waals surface area contributed by atoms with Crippen molar-refractivity contribution in [1.82, 2.24) is 9.97 Å². The second-order valence-corrected chi connectivity index (χ2v) is 6.41. The molecule has 1 N–H and O–H groups in total. The summed E-state index contributed by atoms with van der Waals surface area (Å²) >= 11 is 6.06. The van der Waals surface area contributed by atoms with Crippen LogP contribution in [0.4, 0.5) is 5.82 Å². The largest absolute Gasteiger partial charge is 0.376 e. The standard InChI is InChI=1S/C14H22ClN3O/c1-14(2,3)13-17-11(15)8-12(18-13)16-9-10-6-4-5-7-19-10/h8,10H,4-7,9H2,1-3H3,(H,16,17,18). The number of nitrogens with zero attached hydrogens (tertiary/aromatic N) is 2. The van der Waals surface area contributed by atoms with E-state index in [1.165, 1.54) is 12.8 Å². The van der Waals surface area contributed by atoms with Crippen molar-refractivity contribution < 1.29 is 4.74 Å². The van der Waals surface area contributed by atoms with E-state index in [0.717, 1.165) is 31.2 Å². The van der Waals surface area contributed by atoms with Crippen LogP contribution in [0.5, 0.6) is 0 Å². The fourth-order valence-corrected chi connectivity index (χ4v) is 2.21. The summed E-state index contributed by atoms with van der Waals surface area (Å²) in [5, 5.41) is 3.79. The molecule has 0 saturated carbocycles. The van der Waals surface area contributed by atoms with Crippen molar-refractivity contribution in [3.05, 3.63) is 17.0 Å². The van der Waals surface area contributed by atoms with Gasteiger partial charge in [-0.15, -0.1) is 0 Å². The lowest BCUT2D eigenvalue weighted by molar-refractivity contribution is 0.0247. The zero-order chi connectivity index (χ0) is 13.9. The number of aromatic nitrogens is 2. The topological polar surface area (TPSA) is 47.0 Å². The molecule has 1 aromatic rings. The van der Waals surface area contributed by atoms with E-state index in [9.17, 15) is 0 Å². The first-order chi connectivity index (χ1) is 8.95. The highest BCUT2D eigenvalue weighted by Crippen LogP contribution is 2.22. The minimum absolute atomic E-state index is 0.108. The summed E-state index contributed by atoms with van der Waals surface area (Å²) < 4.78 is 5.69. The first kappa shape index (κ1) is 14.5. The molecule has 1 saturated heterocycles. The Morgan fingerprint density at radius 2 is 2.16 bits per heavy atom. The summed E-state index contributed by atoms with van der Waals surface area (Å²) in [5.41, 5.74) is -0.108. The molecule has 4 nitrogen and oxygen atoms in total. The predicted octanol–water partition coefficient (Wildman–Crippen LogP) is 3.41. The fraction of sp³-hybridized carbons (Fsp3) is 0.714. The highest BCUT2D eigenvalue weighted by molar-refractivity contribution is 6.29. The van der Waals surface area contributed by atoms with E-state index in [1.54, 1.807) is 6.07 Å². The van der Waals surface area contributed by atoms with Gasteiger partial charge in [0.2, 0.25) is 0 Å². The summed E-state index contributed by atoms with van der Waals surface area (Å²) in [6.07, 6.45) is 3.80. The minimum Gasteiger partial charge on any atom is -0.376 e. The second-order valence-electron chi connectivity index (χ2n) is 6.02. The van der Waals surface area contributed by atoms with Crippen LogP contribution in [0.25, 0.3) is 0 Å². The molecular formula is C14H22ClN3O. The maximum Gasteiger partial charge on any atom is 0.137 e. The smallest absolute Gasteiger partial charge is 0.137 e. The number of hydrogen-bond donors (Lipinski definition) is 1. The van der Waals surface area contributed by atoms with Gasteiger partial charge < -0.3 is 10.1 Å². The molecule has 0 bridgehead atoms. The van der Waals surface area contributed by atoms with Gasteiger partial charge >= 0.3 is 0 Å². The van der Waals surface area contributed by atoms with Crippen molar-refractivity contribution in [2.45, 2.75) is 51.6 Å². The van der Waals surface area contributed by atoms with Crippen LogP contribution < -0.4 is 5.32 Å². The van der Waals surface area contributed by atoms with Crippen molar-refractivity contribution >= 4 is 17.4 Å². The molecule has 0 spiro atoms. The molecule has 5 heteroatoms. The molecule has 2 heterocycles. The van der Waals surface area contributed by atoms with Crippen LogP contribution >= 0.6 is 11.6 Å². The fourth-order valence-electron chi connectivity index (χ4n) is 2.03. The first-order valence-electron chi connectivity index (χ1n) is 6.86. The highest BCUT2D eigenvalue weighted by Gasteiger charge is 2.19. The number of anilines is 1. The monoisotopic (exact) mass is 283 g/mol. The van der Waals surface area contributed by atoms with E-state index in [2.05, 4.69) is 36.1 Å². The zero-order valence-corrected chi connectivity index (χ0v) is 12.6. The molecule has 0 radical (unpaired) electrons. The number of hydrogen-bond acceptors (Lipinski definition) is 4. The summed E-state index contributed by atoms with van der Waals surface area (Å²) in [5.74, 6) is 1.53. The van der Waals surface area contributed by atoms with Gasteiger partial charge in [-0.3, -0.25) is 0 Å². The second kappa shape index (κ2) is 6.06. The van der Waals surface area contributed by atoms with Gasteiger partial charge in [0.1, 0.15) is 16.8 Å². The van der Waals surface area contributed by atoms with Crippen molar-refractivity contribution in [3.63, 3.8) is 0 Å². The molecule has 0 aromatic carbocycles. The molecule has 2 rings (SSSR count). The molecule has 1 atom stereocenters. The summed E-state index contributed by atoms with van der Waals surface area (Å²) in [7, 11) is 0. The van der Waals surface area contributed by atoms with Gasteiger partial charge in [0.15, 0.2) is 0 Å². The number of ether oxygens (including phenoxy) is 1. The maximum absolute atomic E-state index is 6.06. The van der Waals surface area contributed by atoms with Crippen LogP contribution in [0.3, 0.4) is 0 Å². The summed E-state index contributed by atoms with van der Waals surface area (Å²) in [4.78, 5) is 8.81. The van der Waals surface area contributed by atoms with E-state index in [0.29, 0.717) is 5.15 Å². The Labute approximate surface area is 119 Å². The molecule has 1 aromatic heterocycles. The average molecular weight is 284 g/mol. The lowest BCUT2D eigenvalue weighted by Crippen LogP contribution is -2.27. The molecular weight excluding hydrogens is 262 g/mol. The van der Waals surface area contributed by atoms with Crippen LogP contribution in [-0.2, 0) is 10.2 Å². The molecule has 19 heavy (non-hydrogen) atoms. The number of halogens is 1. The van der Waals surface area contributed by atoms with E-state index >= 15 is 0 Å². The third-order valence-corrected chi connectivity index (χ3v) is 3.34. The van der Waals surface area contributed by atoms with Gasteiger partial charge in [-0.2, -0.15) is 0 Å². The molecule has 1 aliphatic rings.